The summed E-state index contributed by atoms with van der Waals surface area (Å²) in [5.41, 5.74) is 12.4. The average Bonchev–Trinajstić information content (AvgIpc) is 3.61. The highest BCUT2D eigenvalue weighted by atomic mass is 15.0. The van der Waals surface area contributed by atoms with Crippen LogP contribution in [0, 0.1) is 5.92 Å². The molecule has 1 aliphatic carbocycles. The van der Waals surface area contributed by atoms with E-state index in [2.05, 4.69) is 193 Å². The molecule has 0 aliphatic heterocycles. The summed E-state index contributed by atoms with van der Waals surface area (Å²) in [4.78, 5) is 15.3. The number of para-hydroxylation sites is 1. The van der Waals surface area contributed by atoms with Gasteiger partial charge in [0.2, 0.25) is 0 Å². The summed E-state index contributed by atoms with van der Waals surface area (Å²) in [7, 11) is 0. The first-order valence-corrected chi connectivity index (χ1v) is 19.3. The maximum absolute atomic E-state index is 5.10. The van der Waals surface area contributed by atoms with Crippen molar-refractivity contribution in [2.24, 2.45) is 5.92 Å². The van der Waals surface area contributed by atoms with Gasteiger partial charge in [0, 0.05) is 33.0 Å². The van der Waals surface area contributed by atoms with Crippen molar-refractivity contribution in [3.63, 3.8) is 0 Å². The van der Waals surface area contributed by atoms with Gasteiger partial charge >= 0.3 is 0 Å². The zero-order valence-corrected chi connectivity index (χ0v) is 31.0. The fourth-order valence-corrected chi connectivity index (χ4v) is 8.10. The Morgan fingerprint density at radius 1 is 0.411 bits per heavy atom. The molecule has 7 aromatic carbocycles. The molecule has 9 aromatic rings. The summed E-state index contributed by atoms with van der Waals surface area (Å²) >= 11 is 0. The Labute approximate surface area is 326 Å². The molecule has 0 saturated carbocycles. The van der Waals surface area contributed by atoms with Crippen LogP contribution in [0.2, 0.25) is 0 Å². The van der Waals surface area contributed by atoms with Crippen LogP contribution in [-0.4, -0.2) is 19.5 Å². The second-order valence-electron chi connectivity index (χ2n) is 14.5. The second-order valence-corrected chi connectivity index (χ2v) is 14.5. The monoisotopic (exact) mass is 718 g/mol. The van der Waals surface area contributed by atoms with Crippen molar-refractivity contribution in [3.05, 3.63) is 204 Å². The van der Waals surface area contributed by atoms with Gasteiger partial charge in [0.05, 0.1) is 10.9 Å². The SMILES string of the molecule is CC1CC=c2c(n(-c3ccc(-c4nc(-c5ccc(-c6ccccc6)cc5)nc(-c5ccc(-c6ccccc6)cc5)n4)cc3)c3ccccc23)=C1c1ccccc1. The lowest BCUT2D eigenvalue weighted by Gasteiger charge is -2.20. The molecule has 0 fully saturated rings. The molecule has 0 amide bonds. The third-order valence-corrected chi connectivity index (χ3v) is 10.9. The second kappa shape index (κ2) is 14.2. The van der Waals surface area contributed by atoms with Crippen LogP contribution < -0.4 is 10.6 Å². The summed E-state index contributed by atoms with van der Waals surface area (Å²) < 4.78 is 2.44. The summed E-state index contributed by atoms with van der Waals surface area (Å²) in [5.74, 6) is 2.29. The standard InChI is InChI=1S/C52H38N4/c1-35-21-34-46-45-19-11-12-20-47(45)56(49(46)48(35)40-17-9-4-10-18-40)44-32-30-43(31-33-44)52-54-50(41-26-22-38(23-27-41)36-13-5-2-6-14-36)53-51(55-52)42-28-24-39(25-29-42)37-15-7-3-8-16-37/h2-20,22-35H,21H2,1H3. The van der Waals surface area contributed by atoms with Crippen molar-refractivity contribution in [2.45, 2.75) is 13.3 Å². The molecule has 4 nitrogen and oxygen atoms in total. The predicted molar refractivity (Wildman–Crippen MR) is 230 cm³/mol. The van der Waals surface area contributed by atoms with Crippen LogP contribution in [0.5, 0.6) is 0 Å². The molecule has 1 atom stereocenters. The number of hydrogen-bond acceptors (Lipinski definition) is 3. The third kappa shape index (κ3) is 6.11. The van der Waals surface area contributed by atoms with E-state index in [1.54, 1.807) is 0 Å². The number of aromatic nitrogens is 4. The van der Waals surface area contributed by atoms with Gasteiger partial charge in [0.15, 0.2) is 17.5 Å². The highest BCUT2D eigenvalue weighted by Gasteiger charge is 2.21. The maximum Gasteiger partial charge on any atom is 0.164 e. The molecule has 10 rings (SSSR count). The van der Waals surface area contributed by atoms with Gasteiger partial charge < -0.3 is 4.57 Å². The first-order valence-electron chi connectivity index (χ1n) is 19.3. The topological polar surface area (TPSA) is 43.6 Å². The molecule has 0 spiro atoms. The predicted octanol–water partition coefficient (Wildman–Crippen LogP) is 11.2. The van der Waals surface area contributed by atoms with Gasteiger partial charge in [-0.2, -0.15) is 0 Å². The Bertz CT molecular complexity index is 2850. The minimum absolute atomic E-state index is 0.387. The summed E-state index contributed by atoms with van der Waals surface area (Å²) in [6.07, 6.45) is 3.43. The van der Waals surface area contributed by atoms with Gasteiger partial charge in [-0.3, -0.25) is 0 Å². The van der Waals surface area contributed by atoms with Crippen LogP contribution in [-0.2, 0) is 0 Å². The molecule has 1 aliphatic rings. The first-order chi connectivity index (χ1) is 27.7. The highest BCUT2D eigenvalue weighted by molar-refractivity contribution is 5.87. The Kier molecular flexibility index (Phi) is 8.49. The summed E-state index contributed by atoms with van der Waals surface area (Å²) in [5, 5.41) is 3.85. The number of hydrogen-bond donors (Lipinski definition) is 0. The number of nitrogens with zero attached hydrogens (tertiary/aromatic N) is 4. The van der Waals surface area contributed by atoms with Gasteiger partial charge in [0.25, 0.3) is 0 Å². The van der Waals surface area contributed by atoms with Crippen LogP contribution in [0.4, 0.5) is 0 Å². The lowest BCUT2D eigenvalue weighted by atomic mass is 9.87. The molecular formula is C52H38N4. The van der Waals surface area contributed by atoms with Crippen LogP contribution >= 0.6 is 0 Å². The summed E-state index contributed by atoms with van der Waals surface area (Å²) in [6.45, 7) is 2.34. The molecule has 1 unspecified atom stereocenters. The average molecular weight is 719 g/mol. The molecular weight excluding hydrogens is 681 g/mol. The maximum atomic E-state index is 5.10. The molecule has 0 bridgehead atoms. The quantitative estimate of drug-likeness (QED) is 0.165. The van der Waals surface area contributed by atoms with E-state index < -0.39 is 0 Å². The first kappa shape index (κ1) is 33.4. The van der Waals surface area contributed by atoms with Crippen LogP contribution in [0.15, 0.2) is 188 Å². The number of benzene rings is 7. The largest absolute Gasteiger partial charge is 0.309 e. The van der Waals surface area contributed by atoms with E-state index in [1.807, 2.05) is 12.1 Å². The zero-order chi connectivity index (χ0) is 37.4. The number of fused-ring (bicyclic) bond motifs is 3. The number of rotatable bonds is 7. The van der Waals surface area contributed by atoms with E-state index in [4.69, 9.17) is 15.0 Å². The zero-order valence-electron chi connectivity index (χ0n) is 31.0. The van der Waals surface area contributed by atoms with Crippen molar-refractivity contribution < 1.29 is 0 Å². The molecule has 0 saturated heterocycles. The van der Waals surface area contributed by atoms with E-state index in [0.29, 0.717) is 23.4 Å². The molecule has 0 N–H and O–H groups in total. The fraction of sp³-hybridized carbons (Fsp3) is 0.0577. The minimum Gasteiger partial charge on any atom is -0.309 e. The Hall–Kier alpha value is -7.17. The summed E-state index contributed by atoms with van der Waals surface area (Å²) in [6, 6.07) is 66.1. The Balaban J connectivity index is 1.10. The third-order valence-electron chi connectivity index (χ3n) is 10.9. The van der Waals surface area contributed by atoms with Crippen molar-refractivity contribution in [3.8, 4) is 62.1 Å². The molecule has 0 radical (unpaired) electrons. The van der Waals surface area contributed by atoms with Gasteiger partial charge in [-0.15, -0.1) is 0 Å². The molecule has 2 heterocycles. The van der Waals surface area contributed by atoms with E-state index in [-0.39, 0.29) is 0 Å². The molecule has 2 aromatic heterocycles. The van der Waals surface area contributed by atoms with E-state index in [1.165, 1.54) is 43.7 Å². The normalized spacial score (nSPS) is 13.7. The highest BCUT2D eigenvalue weighted by Crippen LogP contribution is 2.31. The molecule has 4 heteroatoms. The van der Waals surface area contributed by atoms with Crippen LogP contribution in [0.1, 0.15) is 18.9 Å². The van der Waals surface area contributed by atoms with Crippen molar-refractivity contribution in [1.82, 2.24) is 19.5 Å². The van der Waals surface area contributed by atoms with Crippen LogP contribution in [0.3, 0.4) is 0 Å². The van der Waals surface area contributed by atoms with Gasteiger partial charge in [-0.25, -0.2) is 15.0 Å². The van der Waals surface area contributed by atoms with Crippen molar-refractivity contribution >= 4 is 22.6 Å². The molecule has 266 valence electrons. The van der Waals surface area contributed by atoms with Gasteiger partial charge in [-0.05, 0) is 76.1 Å². The smallest absolute Gasteiger partial charge is 0.164 e. The fourth-order valence-electron chi connectivity index (χ4n) is 8.10. The van der Waals surface area contributed by atoms with E-state index in [9.17, 15) is 0 Å². The van der Waals surface area contributed by atoms with Crippen molar-refractivity contribution in [1.29, 1.82) is 0 Å². The molecule has 56 heavy (non-hydrogen) atoms. The van der Waals surface area contributed by atoms with E-state index >= 15 is 0 Å². The van der Waals surface area contributed by atoms with Gasteiger partial charge in [-0.1, -0.05) is 171 Å². The van der Waals surface area contributed by atoms with Gasteiger partial charge in [0.1, 0.15) is 0 Å². The lowest BCUT2D eigenvalue weighted by Crippen LogP contribution is -2.36. The Morgan fingerprint density at radius 3 is 1.30 bits per heavy atom. The van der Waals surface area contributed by atoms with Crippen LogP contribution in [0.25, 0.3) is 84.7 Å². The van der Waals surface area contributed by atoms with E-state index in [0.717, 1.165) is 39.9 Å². The Morgan fingerprint density at radius 2 is 0.804 bits per heavy atom. The minimum atomic E-state index is 0.387. The van der Waals surface area contributed by atoms with Crippen molar-refractivity contribution in [2.75, 3.05) is 0 Å². The lowest BCUT2D eigenvalue weighted by molar-refractivity contribution is 0.766.